The molecule has 3 rings (SSSR count). The second-order valence-corrected chi connectivity index (χ2v) is 6.93. The van der Waals surface area contributed by atoms with Crippen molar-refractivity contribution in [2.75, 3.05) is 0 Å². The maximum absolute atomic E-state index is 8.00. The normalized spacial score (nSPS) is 8.24. The van der Waals surface area contributed by atoms with Crippen molar-refractivity contribution in [2.45, 2.75) is 20.8 Å². The summed E-state index contributed by atoms with van der Waals surface area (Å²) in [5, 5.41) is 0. The molecule has 0 saturated carbocycles. The Labute approximate surface area is 215 Å². The summed E-state index contributed by atoms with van der Waals surface area (Å²) in [5.74, 6) is 2.16. The van der Waals surface area contributed by atoms with Gasteiger partial charge in [0.25, 0.3) is 0 Å². The fourth-order valence-corrected chi connectivity index (χ4v) is 3.10. The van der Waals surface area contributed by atoms with E-state index in [0.29, 0.717) is 0 Å². The van der Waals surface area contributed by atoms with Crippen molar-refractivity contribution in [2.24, 2.45) is 0 Å². The molecule has 0 amide bonds. The van der Waals surface area contributed by atoms with Gasteiger partial charge in [-0.25, -0.2) is 0 Å². The van der Waals surface area contributed by atoms with Crippen molar-refractivity contribution in [1.29, 1.82) is 0 Å². The molecule has 0 radical (unpaired) electrons. The summed E-state index contributed by atoms with van der Waals surface area (Å²) in [7, 11) is -1.62. The smallest absolute Gasteiger partial charge is 0.409 e. The van der Waals surface area contributed by atoms with E-state index >= 15 is 0 Å². The van der Waals surface area contributed by atoms with Gasteiger partial charge in [-0.3, -0.25) is 0 Å². The van der Waals surface area contributed by atoms with E-state index in [4.69, 9.17) is 32.7 Å². The van der Waals surface area contributed by atoms with E-state index in [2.05, 4.69) is 0 Å². The van der Waals surface area contributed by atoms with E-state index in [0.717, 1.165) is 17.2 Å². The third-order valence-electron chi connectivity index (χ3n) is 3.60. The molecule has 34 heavy (non-hydrogen) atoms. The van der Waals surface area contributed by atoms with Gasteiger partial charge in [-0.15, -0.1) is 0 Å². The zero-order valence-corrected chi connectivity index (χ0v) is 22.0. The molecule has 0 unspecified atom stereocenters. The Kier molecular flexibility index (Phi) is 23.9. The van der Waals surface area contributed by atoms with Gasteiger partial charge in [-0.05, 0) is 57.2 Å². The number of rotatable bonds is 6. The summed E-state index contributed by atoms with van der Waals surface area (Å²) in [5.41, 5.74) is 3.53. The van der Waals surface area contributed by atoms with Crippen LogP contribution >= 0.6 is 8.60 Å². The zero-order chi connectivity index (χ0) is 25.6. The van der Waals surface area contributed by atoms with Gasteiger partial charge < -0.3 is 32.7 Å². The van der Waals surface area contributed by atoms with Crippen molar-refractivity contribution in [3.63, 3.8) is 0 Å². The van der Waals surface area contributed by atoms with Crippen molar-refractivity contribution >= 4 is 35.8 Å². The number of carbonyl (C=O) groups is 4. The zero-order valence-electron chi connectivity index (χ0n) is 19.4. The predicted octanol–water partition coefficient (Wildman–Crippen LogP) is 5.63. The monoisotopic (exact) mass is 574 g/mol. The van der Waals surface area contributed by atoms with Gasteiger partial charge in [0.05, 0.1) is 0 Å². The maximum atomic E-state index is 8.00. The van der Waals surface area contributed by atoms with Crippen molar-refractivity contribution < 1.29 is 52.2 Å². The van der Waals surface area contributed by atoms with Gasteiger partial charge in [0.15, 0.2) is 0 Å². The quantitative estimate of drug-likeness (QED) is 0.279. The molecule has 0 aliphatic rings. The summed E-state index contributed by atoms with van der Waals surface area (Å²) in [4.78, 5) is 32.0. The number of hydrogen-bond acceptors (Lipinski definition) is 7. The van der Waals surface area contributed by atoms with Crippen LogP contribution in [-0.4, -0.2) is 27.2 Å². The fourth-order valence-electron chi connectivity index (χ4n) is 2.11. The molecule has 9 heteroatoms. The minimum absolute atomic E-state index is 0. The first-order valence-electron chi connectivity index (χ1n) is 9.28. The van der Waals surface area contributed by atoms with Crippen molar-refractivity contribution in [1.82, 2.24) is 0 Å². The molecule has 0 fully saturated rings. The van der Waals surface area contributed by atoms with Crippen LogP contribution in [0.15, 0.2) is 72.8 Å². The Bertz CT molecular complexity index is 754. The first-order valence-corrected chi connectivity index (χ1v) is 10.4. The van der Waals surface area contributed by atoms with Crippen LogP contribution in [-0.2, 0) is 38.7 Å². The molecule has 0 atom stereocenters. The van der Waals surface area contributed by atoms with Gasteiger partial charge in [-0.1, -0.05) is 53.1 Å². The topological polar surface area (TPSA) is 96.0 Å². The van der Waals surface area contributed by atoms with Crippen molar-refractivity contribution in [3.05, 3.63) is 89.5 Å². The molecule has 7 nitrogen and oxygen atoms in total. The summed E-state index contributed by atoms with van der Waals surface area (Å²) >= 11 is 0. The van der Waals surface area contributed by atoms with Crippen LogP contribution in [0.1, 0.15) is 16.7 Å². The van der Waals surface area contributed by atoms with E-state index < -0.39 is 8.60 Å². The van der Waals surface area contributed by atoms with Crippen LogP contribution in [0.2, 0.25) is 0 Å². The first kappa shape index (κ1) is 35.4. The average molecular weight is 574 g/mol. The van der Waals surface area contributed by atoms with E-state index in [-0.39, 0.29) is 19.5 Å². The number of hydrogen-bond donors (Lipinski definition) is 0. The van der Waals surface area contributed by atoms with Gasteiger partial charge in [-0.2, -0.15) is 0 Å². The second-order valence-electron chi connectivity index (χ2n) is 5.94. The molecule has 0 aromatic heterocycles. The third kappa shape index (κ3) is 14.8. The van der Waals surface area contributed by atoms with Crippen LogP contribution in [0.5, 0.6) is 17.2 Å². The SMILES string of the molecule is C=O.C=O.C=O.C=O.Cc1ccc(OP(Oc2ccc(C)cc2)Oc2ccc(C)cc2)cc1.[Ru]. The van der Waals surface area contributed by atoms with Gasteiger partial charge in [0, 0.05) is 19.5 Å². The predicted molar refractivity (Wildman–Crippen MR) is 131 cm³/mol. The second kappa shape index (κ2) is 23.0. The van der Waals surface area contributed by atoms with E-state index in [1.165, 1.54) is 16.7 Å². The van der Waals surface area contributed by atoms with E-state index in [9.17, 15) is 0 Å². The van der Waals surface area contributed by atoms with Gasteiger partial charge in [0.1, 0.15) is 44.4 Å². The Morgan fingerprint density at radius 2 is 0.618 bits per heavy atom. The van der Waals surface area contributed by atoms with E-state index in [1.54, 1.807) is 0 Å². The van der Waals surface area contributed by atoms with Gasteiger partial charge in [0.2, 0.25) is 0 Å². The minimum atomic E-state index is -1.62. The van der Waals surface area contributed by atoms with Crippen LogP contribution < -0.4 is 13.6 Å². The van der Waals surface area contributed by atoms with Crippen LogP contribution in [0.4, 0.5) is 0 Å². The third-order valence-corrected chi connectivity index (χ3v) is 4.68. The molecule has 3 aromatic carbocycles. The molecule has 0 saturated heterocycles. The number of aryl methyl sites for hydroxylation is 3. The Balaban J connectivity index is -0.000000969. The van der Waals surface area contributed by atoms with Crippen molar-refractivity contribution in [3.8, 4) is 17.2 Å². The van der Waals surface area contributed by atoms with Gasteiger partial charge >= 0.3 is 8.60 Å². The number of benzene rings is 3. The van der Waals surface area contributed by atoms with Crippen LogP contribution in [0.3, 0.4) is 0 Å². The summed E-state index contributed by atoms with van der Waals surface area (Å²) in [6, 6.07) is 23.5. The molecule has 0 spiro atoms. The molecule has 0 aliphatic carbocycles. The standard InChI is InChI=1S/C21H21O3P.4CH2O.Ru/c1-16-4-10-19(11-5-16)22-25(23-20-12-6-17(2)7-13-20)24-21-14-8-18(3)9-15-21;4*1-2;/h4-15H,1-3H3;4*1H2;. The fraction of sp³-hybridized carbons (Fsp3) is 0.120. The maximum Gasteiger partial charge on any atom is 0.530 e. The molecule has 0 aliphatic heterocycles. The average Bonchev–Trinajstić information content (AvgIpc) is 2.88. The largest absolute Gasteiger partial charge is 0.530 e. The molecule has 0 bridgehead atoms. The summed E-state index contributed by atoms with van der Waals surface area (Å²) < 4.78 is 17.9. The minimum Gasteiger partial charge on any atom is -0.409 e. The Hall–Kier alpha value is -3.21. The molecule has 0 heterocycles. The molecule has 184 valence electrons. The number of carbonyl (C=O) groups excluding carboxylic acids is 4. The summed E-state index contributed by atoms with van der Waals surface area (Å²) in [6.07, 6.45) is 0. The van der Waals surface area contributed by atoms with Crippen LogP contribution in [0, 0.1) is 20.8 Å². The first-order chi connectivity index (χ1) is 16.1. The Morgan fingerprint density at radius 3 is 0.794 bits per heavy atom. The molecular formula is C25H29O7PRu. The van der Waals surface area contributed by atoms with Crippen LogP contribution in [0.25, 0.3) is 0 Å². The molecule has 3 aromatic rings. The van der Waals surface area contributed by atoms with E-state index in [1.807, 2.05) is 121 Å². The molecular weight excluding hydrogens is 544 g/mol. The molecule has 0 N–H and O–H groups in total. The Morgan fingerprint density at radius 1 is 0.441 bits per heavy atom. The summed E-state index contributed by atoms with van der Waals surface area (Å²) in [6.45, 7) is 14.1.